The van der Waals surface area contributed by atoms with Gasteiger partial charge in [-0.25, -0.2) is 0 Å². The van der Waals surface area contributed by atoms with Crippen molar-refractivity contribution < 1.29 is 17.7 Å². The lowest BCUT2D eigenvalue weighted by molar-refractivity contribution is 0.256. The number of hydrogen-bond acceptors (Lipinski definition) is 1. The van der Waals surface area contributed by atoms with E-state index < -0.39 is 12.4 Å². The molecule has 16 heavy (non-hydrogen) atoms. The van der Waals surface area contributed by atoms with Crippen LogP contribution >= 0.6 is 0 Å². The van der Waals surface area contributed by atoms with Gasteiger partial charge in [0, 0.05) is 0 Å². The van der Waals surface area contributed by atoms with E-state index in [0.29, 0.717) is 18.3 Å². The molecule has 0 saturated carbocycles. The molecule has 0 bridgehead atoms. The fraction of sp³-hybridized carbons (Fsp3) is 0.455. The standard InChI is InChI=1S/C11H15BF3O/c1-3-9(2)8-16-11-6-4-10(5-7-11)12(13,14)15/h4-7,9H,3,8H2,1-2H3/q-1. The second kappa shape index (κ2) is 5.28. The van der Waals surface area contributed by atoms with Gasteiger partial charge in [0.25, 0.3) is 0 Å². The normalized spacial score (nSPS) is 13.6. The molecule has 0 aliphatic rings. The minimum absolute atomic E-state index is 0.409. The average molecular weight is 231 g/mol. The van der Waals surface area contributed by atoms with Gasteiger partial charge in [-0.05, 0) is 18.1 Å². The number of hydrogen-bond donors (Lipinski definition) is 0. The first kappa shape index (κ1) is 12.9. The van der Waals surface area contributed by atoms with Gasteiger partial charge in [-0.2, -0.15) is 0 Å². The van der Waals surface area contributed by atoms with Crippen molar-refractivity contribution >= 4 is 12.4 Å². The summed E-state index contributed by atoms with van der Waals surface area (Å²) in [6, 6.07) is 4.86. The predicted molar refractivity (Wildman–Crippen MR) is 60.1 cm³/mol. The van der Waals surface area contributed by atoms with Gasteiger partial charge in [-0.1, -0.05) is 32.4 Å². The first-order valence-electron chi connectivity index (χ1n) is 5.36. The first-order chi connectivity index (χ1) is 7.43. The summed E-state index contributed by atoms with van der Waals surface area (Å²) in [6.45, 7) is -0.289. The summed E-state index contributed by atoms with van der Waals surface area (Å²) >= 11 is 0. The first-order valence-corrected chi connectivity index (χ1v) is 5.36. The summed E-state index contributed by atoms with van der Waals surface area (Å²) in [5.74, 6) is 0.899. The Labute approximate surface area is 93.7 Å². The molecule has 0 N–H and O–H groups in total. The van der Waals surface area contributed by atoms with E-state index in [1.165, 1.54) is 12.1 Å². The summed E-state index contributed by atoms with van der Waals surface area (Å²) in [5, 5.41) is 0. The lowest BCUT2D eigenvalue weighted by Gasteiger charge is -2.16. The van der Waals surface area contributed by atoms with Crippen LogP contribution in [-0.2, 0) is 0 Å². The van der Waals surface area contributed by atoms with E-state index in [-0.39, 0.29) is 0 Å². The molecule has 0 radical (unpaired) electrons. The molecule has 1 rings (SSSR count). The molecule has 0 aliphatic heterocycles. The molecule has 1 aromatic rings. The summed E-state index contributed by atoms with van der Waals surface area (Å²) in [4.78, 5) is 0. The van der Waals surface area contributed by atoms with E-state index >= 15 is 0 Å². The number of benzene rings is 1. The number of rotatable bonds is 5. The third-order valence-electron chi connectivity index (χ3n) is 2.49. The summed E-state index contributed by atoms with van der Waals surface area (Å²) in [7, 11) is 0. The average Bonchev–Trinajstić information content (AvgIpc) is 2.25. The lowest BCUT2D eigenvalue weighted by atomic mass is 9.80. The smallest absolute Gasteiger partial charge is 0.493 e. The van der Waals surface area contributed by atoms with Gasteiger partial charge in [0.15, 0.2) is 0 Å². The maximum absolute atomic E-state index is 12.3. The number of halogens is 3. The zero-order chi connectivity index (χ0) is 12.2. The van der Waals surface area contributed by atoms with Crippen molar-refractivity contribution in [2.24, 2.45) is 5.92 Å². The van der Waals surface area contributed by atoms with Gasteiger partial charge in [-0.15, -0.1) is 5.46 Å². The van der Waals surface area contributed by atoms with E-state index in [0.717, 1.165) is 18.6 Å². The molecule has 0 spiro atoms. The molecule has 1 atom stereocenters. The Morgan fingerprint density at radius 3 is 2.19 bits per heavy atom. The third kappa shape index (κ3) is 3.79. The van der Waals surface area contributed by atoms with Crippen molar-refractivity contribution in [1.82, 2.24) is 0 Å². The van der Waals surface area contributed by atoms with Gasteiger partial charge >= 0.3 is 6.98 Å². The van der Waals surface area contributed by atoms with Gasteiger partial charge in [0.05, 0.1) is 6.61 Å². The van der Waals surface area contributed by atoms with Gasteiger partial charge in [0.2, 0.25) is 0 Å². The summed E-state index contributed by atoms with van der Waals surface area (Å²) in [6.07, 6.45) is 0.990. The van der Waals surface area contributed by atoms with Crippen molar-refractivity contribution in [2.75, 3.05) is 6.61 Å². The molecule has 0 saturated heterocycles. The lowest BCUT2D eigenvalue weighted by Crippen LogP contribution is -2.33. The molecule has 0 amide bonds. The Morgan fingerprint density at radius 2 is 1.75 bits per heavy atom. The van der Waals surface area contributed by atoms with Crippen molar-refractivity contribution in [1.29, 1.82) is 0 Å². The molecule has 0 heterocycles. The van der Waals surface area contributed by atoms with E-state index in [2.05, 4.69) is 0 Å². The highest BCUT2D eigenvalue weighted by Crippen LogP contribution is 2.14. The van der Waals surface area contributed by atoms with Crippen LogP contribution in [0.4, 0.5) is 12.9 Å². The van der Waals surface area contributed by atoms with E-state index in [1.807, 2.05) is 13.8 Å². The largest absolute Gasteiger partial charge is 0.509 e. The topological polar surface area (TPSA) is 9.23 Å². The maximum Gasteiger partial charge on any atom is 0.509 e. The van der Waals surface area contributed by atoms with Crippen LogP contribution in [0.5, 0.6) is 5.75 Å². The Hall–Kier alpha value is -1.13. The summed E-state index contributed by atoms with van der Waals surface area (Å²) in [5.41, 5.74) is -0.587. The van der Waals surface area contributed by atoms with Crippen molar-refractivity contribution in [3.05, 3.63) is 24.3 Å². The quantitative estimate of drug-likeness (QED) is 0.707. The van der Waals surface area contributed by atoms with Gasteiger partial charge < -0.3 is 17.7 Å². The monoisotopic (exact) mass is 231 g/mol. The Bertz CT molecular complexity index is 321. The summed E-state index contributed by atoms with van der Waals surface area (Å²) < 4.78 is 42.3. The van der Waals surface area contributed by atoms with Crippen molar-refractivity contribution in [3.63, 3.8) is 0 Å². The van der Waals surface area contributed by atoms with E-state index in [4.69, 9.17) is 4.74 Å². The Balaban J connectivity index is 2.58. The predicted octanol–water partition coefficient (Wildman–Crippen LogP) is 3.17. The molecule has 0 fully saturated rings. The van der Waals surface area contributed by atoms with E-state index in [9.17, 15) is 12.9 Å². The SMILES string of the molecule is CCC(C)COc1ccc([B-](F)(F)F)cc1. The molecule has 1 nitrogen and oxygen atoms in total. The molecule has 0 aliphatic carbocycles. The second-order valence-corrected chi connectivity index (χ2v) is 3.97. The highest BCUT2D eigenvalue weighted by atomic mass is 19.4. The van der Waals surface area contributed by atoms with Crippen LogP contribution < -0.4 is 10.2 Å². The van der Waals surface area contributed by atoms with Crippen LogP contribution in [0.15, 0.2) is 24.3 Å². The molecule has 0 aromatic heterocycles. The van der Waals surface area contributed by atoms with Gasteiger partial charge in [-0.3, -0.25) is 0 Å². The van der Waals surface area contributed by atoms with Crippen LogP contribution in [0.3, 0.4) is 0 Å². The number of ether oxygens (including phenoxy) is 1. The fourth-order valence-corrected chi connectivity index (χ4v) is 1.14. The second-order valence-electron chi connectivity index (χ2n) is 3.97. The minimum Gasteiger partial charge on any atom is -0.493 e. The fourth-order valence-electron chi connectivity index (χ4n) is 1.14. The Morgan fingerprint density at radius 1 is 1.19 bits per heavy atom. The van der Waals surface area contributed by atoms with Crippen LogP contribution in [-0.4, -0.2) is 13.6 Å². The van der Waals surface area contributed by atoms with Crippen LogP contribution in [0.2, 0.25) is 0 Å². The highest BCUT2D eigenvalue weighted by Gasteiger charge is 2.24. The Kier molecular flexibility index (Phi) is 4.27. The van der Waals surface area contributed by atoms with Crippen LogP contribution in [0.25, 0.3) is 0 Å². The van der Waals surface area contributed by atoms with Crippen molar-refractivity contribution in [2.45, 2.75) is 20.3 Å². The van der Waals surface area contributed by atoms with Crippen LogP contribution in [0.1, 0.15) is 20.3 Å². The van der Waals surface area contributed by atoms with Crippen molar-refractivity contribution in [3.8, 4) is 5.75 Å². The highest BCUT2D eigenvalue weighted by molar-refractivity contribution is 6.73. The van der Waals surface area contributed by atoms with Gasteiger partial charge in [0.1, 0.15) is 5.75 Å². The van der Waals surface area contributed by atoms with Crippen LogP contribution in [0, 0.1) is 5.92 Å². The molecule has 5 heteroatoms. The molecule has 1 aromatic carbocycles. The third-order valence-corrected chi connectivity index (χ3v) is 2.49. The maximum atomic E-state index is 12.3. The molecule has 90 valence electrons. The molecular formula is C11H15BF3O-. The zero-order valence-electron chi connectivity index (χ0n) is 9.42. The molecular weight excluding hydrogens is 216 g/mol. The van der Waals surface area contributed by atoms with E-state index in [1.54, 1.807) is 0 Å². The minimum atomic E-state index is -4.90. The zero-order valence-corrected chi connectivity index (χ0v) is 9.42. The molecule has 1 unspecified atom stereocenters.